The van der Waals surface area contributed by atoms with Crippen molar-refractivity contribution in [2.45, 2.75) is 44.6 Å². The molecule has 0 aromatic heterocycles. The quantitative estimate of drug-likeness (QED) is 0.633. The van der Waals surface area contributed by atoms with Crippen molar-refractivity contribution in [3.8, 4) is 0 Å². The molecular formula is C14H30N2O2. The van der Waals surface area contributed by atoms with Crippen LogP contribution in [0.2, 0.25) is 0 Å². The maximum Gasteiger partial charge on any atom is 0.0869 e. The maximum absolute atomic E-state index is 10.2. The average Bonchev–Trinajstić information content (AvgIpc) is 2.28. The fourth-order valence-corrected chi connectivity index (χ4v) is 3.03. The van der Waals surface area contributed by atoms with Gasteiger partial charge in [-0.25, -0.2) is 0 Å². The summed E-state index contributed by atoms with van der Waals surface area (Å²) >= 11 is 0. The van der Waals surface area contributed by atoms with Gasteiger partial charge in [0, 0.05) is 31.7 Å². The van der Waals surface area contributed by atoms with Gasteiger partial charge in [0.1, 0.15) is 0 Å². The molecule has 0 amide bonds. The Bertz CT molecular complexity index is 236. The second kappa shape index (κ2) is 6.85. The lowest BCUT2D eigenvalue weighted by Gasteiger charge is -2.37. The number of nitrogens with one attached hydrogen (secondary N) is 1. The monoisotopic (exact) mass is 258 g/mol. The van der Waals surface area contributed by atoms with Crippen molar-refractivity contribution in [2.75, 3.05) is 40.3 Å². The Hall–Kier alpha value is -0.160. The van der Waals surface area contributed by atoms with E-state index in [1.807, 2.05) is 25.9 Å². The van der Waals surface area contributed by atoms with Crippen LogP contribution in [0.5, 0.6) is 0 Å². The van der Waals surface area contributed by atoms with E-state index in [0.717, 1.165) is 19.4 Å². The van der Waals surface area contributed by atoms with Gasteiger partial charge in [0.15, 0.2) is 0 Å². The molecule has 1 unspecified atom stereocenters. The third kappa shape index (κ3) is 5.22. The van der Waals surface area contributed by atoms with E-state index >= 15 is 0 Å². The first-order valence-electron chi connectivity index (χ1n) is 7.08. The van der Waals surface area contributed by atoms with Crippen LogP contribution in [0.3, 0.4) is 0 Å². The summed E-state index contributed by atoms with van der Waals surface area (Å²) in [5.74, 6) is 0. The van der Waals surface area contributed by atoms with E-state index in [1.54, 1.807) is 0 Å². The van der Waals surface area contributed by atoms with Crippen LogP contribution in [-0.2, 0) is 0 Å². The molecule has 0 heterocycles. The van der Waals surface area contributed by atoms with Gasteiger partial charge in [-0.1, -0.05) is 19.3 Å². The zero-order valence-electron chi connectivity index (χ0n) is 12.2. The summed E-state index contributed by atoms with van der Waals surface area (Å²) in [6, 6.07) is 0. The number of aliphatic hydroxyl groups excluding tert-OH is 1. The van der Waals surface area contributed by atoms with E-state index in [2.05, 4.69) is 5.32 Å². The summed E-state index contributed by atoms with van der Waals surface area (Å²) in [5, 5.41) is 23.2. The summed E-state index contributed by atoms with van der Waals surface area (Å²) in [5.41, 5.74) is -0.665. The van der Waals surface area contributed by atoms with Crippen LogP contribution in [0.4, 0.5) is 0 Å². The van der Waals surface area contributed by atoms with Crippen LogP contribution in [0.1, 0.15) is 39.0 Å². The Kier molecular flexibility index (Phi) is 6.05. The van der Waals surface area contributed by atoms with Gasteiger partial charge in [-0.05, 0) is 33.9 Å². The lowest BCUT2D eigenvalue weighted by Crippen LogP contribution is -2.49. The van der Waals surface area contributed by atoms with Gasteiger partial charge in [-0.15, -0.1) is 0 Å². The molecule has 1 aliphatic carbocycles. The molecule has 1 aliphatic rings. The second-order valence-electron chi connectivity index (χ2n) is 6.56. The van der Waals surface area contributed by atoms with Gasteiger partial charge in [0.2, 0.25) is 0 Å². The molecule has 0 saturated heterocycles. The first-order chi connectivity index (χ1) is 8.39. The summed E-state index contributed by atoms with van der Waals surface area (Å²) < 4.78 is 0. The number of likely N-dealkylation sites (N-methyl/N-ethyl adjacent to an activating group) is 1. The Labute approximate surface area is 111 Å². The van der Waals surface area contributed by atoms with E-state index in [1.165, 1.54) is 19.3 Å². The molecule has 1 fully saturated rings. The van der Waals surface area contributed by atoms with Crippen molar-refractivity contribution in [1.29, 1.82) is 0 Å². The standard InChI is InChI=1S/C14H30N2O2/c1-13(18,11-16(2)3)9-15-10-14(12-17)7-5-4-6-8-14/h15,17-18H,4-12H2,1-3H3. The van der Waals surface area contributed by atoms with Gasteiger partial charge in [0.05, 0.1) is 5.60 Å². The van der Waals surface area contributed by atoms with Gasteiger partial charge in [-0.3, -0.25) is 0 Å². The van der Waals surface area contributed by atoms with Crippen LogP contribution >= 0.6 is 0 Å². The second-order valence-corrected chi connectivity index (χ2v) is 6.56. The molecule has 0 spiro atoms. The van der Waals surface area contributed by atoms with Crippen molar-refractivity contribution in [3.63, 3.8) is 0 Å². The largest absolute Gasteiger partial charge is 0.396 e. The molecule has 0 aliphatic heterocycles. The highest BCUT2D eigenvalue weighted by atomic mass is 16.3. The van der Waals surface area contributed by atoms with Crippen LogP contribution < -0.4 is 5.32 Å². The predicted molar refractivity (Wildman–Crippen MR) is 74.7 cm³/mol. The van der Waals surface area contributed by atoms with Crippen molar-refractivity contribution < 1.29 is 10.2 Å². The SMILES string of the molecule is CN(C)CC(C)(O)CNCC1(CO)CCCCC1. The van der Waals surface area contributed by atoms with Crippen LogP contribution in [0, 0.1) is 5.41 Å². The lowest BCUT2D eigenvalue weighted by molar-refractivity contribution is 0.0241. The zero-order valence-corrected chi connectivity index (χ0v) is 12.2. The van der Waals surface area contributed by atoms with Crippen molar-refractivity contribution in [2.24, 2.45) is 5.41 Å². The van der Waals surface area contributed by atoms with Crippen molar-refractivity contribution in [3.05, 3.63) is 0 Å². The van der Waals surface area contributed by atoms with Gasteiger partial charge < -0.3 is 20.4 Å². The van der Waals surface area contributed by atoms with E-state index < -0.39 is 5.60 Å². The highest BCUT2D eigenvalue weighted by Gasteiger charge is 2.32. The van der Waals surface area contributed by atoms with Crippen LogP contribution in [0.15, 0.2) is 0 Å². The Balaban J connectivity index is 2.34. The topological polar surface area (TPSA) is 55.7 Å². The maximum atomic E-state index is 10.2. The normalized spacial score (nSPS) is 23.0. The molecule has 4 heteroatoms. The van der Waals surface area contributed by atoms with Gasteiger partial charge >= 0.3 is 0 Å². The molecule has 0 aromatic rings. The summed E-state index contributed by atoms with van der Waals surface area (Å²) in [6.45, 7) is 4.15. The molecule has 18 heavy (non-hydrogen) atoms. The van der Waals surface area contributed by atoms with Gasteiger partial charge in [0.25, 0.3) is 0 Å². The van der Waals surface area contributed by atoms with Crippen LogP contribution in [0.25, 0.3) is 0 Å². The molecule has 4 nitrogen and oxygen atoms in total. The van der Waals surface area contributed by atoms with E-state index in [0.29, 0.717) is 13.1 Å². The molecule has 3 N–H and O–H groups in total. The lowest BCUT2D eigenvalue weighted by atomic mass is 9.74. The highest BCUT2D eigenvalue weighted by molar-refractivity contribution is 4.86. The Morgan fingerprint density at radius 1 is 1.22 bits per heavy atom. The number of rotatable bonds is 7. The molecule has 1 rings (SSSR count). The number of hydrogen-bond acceptors (Lipinski definition) is 4. The summed E-state index contributed by atoms with van der Waals surface area (Å²) in [6.07, 6.45) is 5.94. The number of nitrogens with zero attached hydrogens (tertiary/aromatic N) is 1. The molecule has 0 aromatic carbocycles. The van der Waals surface area contributed by atoms with E-state index in [4.69, 9.17) is 0 Å². The minimum Gasteiger partial charge on any atom is -0.396 e. The van der Waals surface area contributed by atoms with Gasteiger partial charge in [-0.2, -0.15) is 0 Å². The fraction of sp³-hybridized carbons (Fsp3) is 1.00. The minimum absolute atomic E-state index is 0.0481. The van der Waals surface area contributed by atoms with E-state index in [9.17, 15) is 10.2 Å². The van der Waals surface area contributed by atoms with E-state index in [-0.39, 0.29) is 12.0 Å². The van der Waals surface area contributed by atoms with Crippen LogP contribution in [-0.4, -0.2) is 61.1 Å². The first kappa shape index (κ1) is 15.9. The third-order valence-corrected chi connectivity index (χ3v) is 3.91. The Morgan fingerprint density at radius 3 is 2.33 bits per heavy atom. The van der Waals surface area contributed by atoms with Crippen molar-refractivity contribution >= 4 is 0 Å². The molecule has 1 atom stereocenters. The predicted octanol–water partition coefficient (Wildman–Crippen LogP) is 0.831. The average molecular weight is 258 g/mol. The molecule has 0 radical (unpaired) electrons. The summed E-state index contributed by atoms with van der Waals surface area (Å²) in [4.78, 5) is 1.99. The first-order valence-corrected chi connectivity index (χ1v) is 7.08. The Morgan fingerprint density at radius 2 is 1.83 bits per heavy atom. The minimum atomic E-state index is -0.713. The number of aliphatic hydroxyl groups is 2. The molecular weight excluding hydrogens is 228 g/mol. The molecule has 0 bridgehead atoms. The van der Waals surface area contributed by atoms with Crippen molar-refractivity contribution in [1.82, 2.24) is 10.2 Å². The smallest absolute Gasteiger partial charge is 0.0869 e. The summed E-state index contributed by atoms with van der Waals surface area (Å²) in [7, 11) is 3.93. The molecule has 108 valence electrons. The molecule has 1 saturated carbocycles. The highest BCUT2D eigenvalue weighted by Crippen LogP contribution is 2.35. The number of hydrogen-bond donors (Lipinski definition) is 3. The fourth-order valence-electron chi connectivity index (χ4n) is 3.03. The zero-order chi connectivity index (χ0) is 13.6. The third-order valence-electron chi connectivity index (χ3n) is 3.91.